The molecule has 3 aromatic rings. The maximum Gasteiger partial charge on any atom is 0.266 e. The molecule has 4 rings (SSSR count). The van der Waals surface area contributed by atoms with Gasteiger partial charge < -0.3 is 4.74 Å². The summed E-state index contributed by atoms with van der Waals surface area (Å²) in [4.78, 5) is 19.1. The SMILES string of the molecule is O=C1/C(=C/c2ccc(OCc3ccc(Br)cc3)cc2)SC(=S)N1Cc1cccnc1. The fraction of sp³-hybridized carbons (Fsp3) is 0.0870. The number of amides is 1. The summed E-state index contributed by atoms with van der Waals surface area (Å²) < 4.78 is 7.44. The van der Waals surface area contributed by atoms with Crippen molar-refractivity contribution in [3.63, 3.8) is 0 Å². The minimum atomic E-state index is -0.0792. The molecule has 150 valence electrons. The van der Waals surface area contributed by atoms with Crippen molar-refractivity contribution in [2.75, 3.05) is 0 Å². The van der Waals surface area contributed by atoms with E-state index in [1.807, 2.05) is 66.7 Å². The van der Waals surface area contributed by atoms with E-state index in [1.54, 1.807) is 17.3 Å². The summed E-state index contributed by atoms with van der Waals surface area (Å²) in [7, 11) is 0. The van der Waals surface area contributed by atoms with Gasteiger partial charge in [-0.3, -0.25) is 14.7 Å². The van der Waals surface area contributed by atoms with Gasteiger partial charge in [0.05, 0.1) is 11.4 Å². The molecule has 0 N–H and O–H groups in total. The van der Waals surface area contributed by atoms with Crippen LogP contribution in [0.25, 0.3) is 6.08 Å². The van der Waals surface area contributed by atoms with Crippen molar-refractivity contribution in [1.82, 2.24) is 9.88 Å². The maximum absolute atomic E-state index is 12.8. The molecular weight excluding hydrogens is 480 g/mol. The number of rotatable bonds is 6. The van der Waals surface area contributed by atoms with E-state index >= 15 is 0 Å². The van der Waals surface area contributed by atoms with E-state index in [4.69, 9.17) is 17.0 Å². The summed E-state index contributed by atoms with van der Waals surface area (Å²) >= 11 is 10.2. The molecule has 1 fully saturated rings. The van der Waals surface area contributed by atoms with Gasteiger partial charge in [-0.2, -0.15) is 0 Å². The molecule has 0 bridgehead atoms. The summed E-state index contributed by atoms with van der Waals surface area (Å²) in [6, 6.07) is 19.5. The molecule has 2 heterocycles. The van der Waals surface area contributed by atoms with E-state index in [2.05, 4.69) is 20.9 Å². The van der Waals surface area contributed by atoms with Crippen molar-refractivity contribution in [3.8, 4) is 5.75 Å². The molecule has 1 amide bonds. The molecule has 2 aromatic carbocycles. The first kappa shape index (κ1) is 20.8. The number of nitrogens with zero attached hydrogens (tertiary/aromatic N) is 2. The number of aromatic nitrogens is 1. The van der Waals surface area contributed by atoms with Crippen LogP contribution in [0.3, 0.4) is 0 Å². The second kappa shape index (κ2) is 9.55. The maximum atomic E-state index is 12.8. The summed E-state index contributed by atoms with van der Waals surface area (Å²) in [5.74, 6) is 0.698. The average Bonchev–Trinajstić information content (AvgIpc) is 3.02. The summed E-state index contributed by atoms with van der Waals surface area (Å²) in [5, 5.41) is 0. The van der Waals surface area contributed by atoms with Crippen molar-refractivity contribution in [3.05, 3.63) is 99.1 Å². The van der Waals surface area contributed by atoms with E-state index in [-0.39, 0.29) is 5.91 Å². The standard InChI is InChI=1S/C23H17BrN2O2S2/c24-19-7-3-17(4-8-19)15-28-20-9-5-16(6-10-20)12-21-22(27)26(23(29)30-21)14-18-2-1-11-25-13-18/h1-13H,14-15H2/b21-12-. The van der Waals surface area contributed by atoms with Gasteiger partial charge in [-0.05, 0) is 53.1 Å². The number of thiocarbonyl (C=S) groups is 1. The van der Waals surface area contributed by atoms with Crippen LogP contribution in [0.1, 0.15) is 16.7 Å². The van der Waals surface area contributed by atoms with Gasteiger partial charge in [-0.15, -0.1) is 0 Å². The van der Waals surface area contributed by atoms with E-state index in [0.29, 0.717) is 22.4 Å². The lowest BCUT2D eigenvalue weighted by Crippen LogP contribution is -2.27. The molecule has 1 aliphatic heterocycles. The number of pyridine rings is 1. The van der Waals surface area contributed by atoms with Crippen LogP contribution in [0.5, 0.6) is 5.75 Å². The minimum absolute atomic E-state index is 0.0792. The van der Waals surface area contributed by atoms with Crippen molar-refractivity contribution in [2.45, 2.75) is 13.2 Å². The number of benzene rings is 2. The van der Waals surface area contributed by atoms with Crippen LogP contribution in [0.4, 0.5) is 0 Å². The van der Waals surface area contributed by atoms with Crippen LogP contribution in [-0.4, -0.2) is 20.1 Å². The highest BCUT2D eigenvalue weighted by Gasteiger charge is 2.31. The third-order valence-electron chi connectivity index (χ3n) is 4.43. The van der Waals surface area contributed by atoms with Gasteiger partial charge in [0.25, 0.3) is 5.91 Å². The number of hydrogen-bond acceptors (Lipinski definition) is 5. The zero-order valence-electron chi connectivity index (χ0n) is 15.8. The van der Waals surface area contributed by atoms with Gasteiger partial charge in [0.15, 0.2) is 0 Å². The molecule has 7 heteroatoms. The average molecular weight is 497 g/mol. The summed E-state index contributed by atoms with van der Waals surface area (Å²) in [6.45, 7) is 0.929. The largest absolute Gasteiger partial charge is 0.489 e. The Morgan fingerprint density at radius 1 is 1.07 bits per heavy atom. The number of hydrogen-bond donors (Lipinski definition) is 0. The molecular formula is C23H17BrN2O2S2. The van der Waals surface area contributed by atoms with Gasteiger partial charge in [-0.25, -0.2) is 0 Å². The fourth-order valence-electron chi connectivity index (χ4n) is 2.87. The Labute approximate surface area is 193 Å². The lowest BCUT2D eigenvalue weighted by Gasteiger charge is -2.13. The van der Waals surface area contributed by atoms with Crippen LogP contribution in [0, 0.1) is 0 Å². The first-order chi connectivity index (χ1) is 14.6. The fourth-order valence-corrected chi connectivity index (χ4v) is 4.39. The molecule has 0 atom stereocenters. The highest BCUT2D eigenvalue weighted by Crippen LogP contribution is 2.33. The topological polar surface area (TPSA) is 42.4 Å². The number of halogens is 1. The number of ether oxygens (including phenoxy) is 1. The second-order valence-corrected chi connectivity index (χ2v) is 9.20. The van der Waals surface area contributed by atoms with E-state index in [0.717, 1.165) is 26.9 Å². The zero-order valence-corrected chi connectivity index (χ0v) is 19.0. The van der Waals surface area contributed by atoms with Crippen LogP contribution in [-0.2, 0) is 17.9 Å². The van der Waals surface area contributed by atoms with Crippen LogP contribution < -0.4 is 4.74 Å². The van der Waals surface area contributed by atoms with Gasteiger partial charge >= 0.3 is 0 Å². The number of carbonyl (C=O) groups excluding carboxylic acids is 1. The van der Waals surface area contributed by atoms with Crippen molar-refractivity contribution in [1.29, 1.82) is 0 Å². The predicted molar refractivity (Wildman–Crippen MR) is 128 cm³/mol. The number of carbonyl (C=O) groups is 1. The lowest BCUT2D eigenvalue weighted by atomic mass is 10.2. The van der Waals surface area contributed by atoms with Crippen LogP contribution in [0.15, 0.2) is 82.4 Å². The highest BCUT2D eigenvalue weighted by atomic mass is 79.9. The Morgan fingerprint density at radius 3 is 2.53 bits per heavy atom. The molecule has 0 spiro atoms. The second-order valence-electron chi connectivity index (χ2n) is 6.61. The van der Waals surface area contributed by atoms with E-state index in [1.165, 1.54) is 11.8 Å². The molecule has 0 radical (unpaired) electrons. The lowest BCUT2D eigenvalue weighted by molar-refractivity contribution is -0.122. The van der Waals surface area contributed by atoms with Crippen LogP contribution in [0.2, 0.25) is 0 Å². The molecule has 1 saturated heterocycles. The molecule has 1 aliphatic rings. The quantitative estimate of drug-likeness (QED) is 0.317. The number of thioether (sulfide) groups is 1. The first-order valence-corrected chi connectivity index (χ1v) is 11.2. The monoisotopic (exact) mass is 496 g/mol. The highest BCUT2D eigenvalue weighted by molar-refractivity contribution is 9.10. The van der Waals surface area contributed by atoms with Gasteiger partial charge in [0.2, 0.25) is 0 Å². The summed E-state index contributed by atoms with van der Waals surface area (Å²) in [5.41, 5.74) is 2.97. The molecule has 4 nitrogen and oxygen atoms in total. The van der Waals surface area contributed by atoms with Gasteiger partial charge in [0.1, 0.15) is 16.7 Å². The zero-order chi connectivity index (χ0) is 20.9. The molecule has 0 saturated carbocycles. The Hall–Kier alpha value is -2.48. The third-order valence-corrected chi connectivity index (χ3v) is 6.34. The van der Waals surface area contributed by atoms with Gasteiger partial charge in [-0.1, -0.05) is 70.2 Å². The minimum Gasteiger partial charge on any atom is -0.489 e. The molecule has 0 unspecified atom stereocenters. The molecule has 30 heavy (non-hydrogen) atoms. The normalized spacial score (nSPS) is 15.1. The van der Waals surface area contributed by atoms with Crippen molar-refractivity contribution < 1.29 is 9.53 Å². The summed E-state index contributed by atoms with van der Waals surface area (Å²) in [6.07, 6.45) is 5.32. The Kier molecular flexibility index (Phi) is 6.62. The van der Waals surface area contributed by atoms with Gasteiger partial charge in [0, 0.05) is 16.9 Å². The van der Waals surface area contributed by atoms with Crippen LogP contribution >= 0.6 is 39.9 Å². The first-order valence-electron chi connectivity index (χ1n) is 9.20. The Morgan fingerprint density at radius 2 is 1.83 bits per heavy atom. The van der Waals surface area contributed by atoms with E-state index in [9.17, 15) is 4.79 Å². The Bertz CT molecular complexity index is 1080. The van der Waals surface area contributed by atoms with E-state index < -0.39 is 0 Å². The third kappa shape index (κ3) is 5.16. The molecule has 0 aliphatic carbocycles. The molecule has 1 aromatic heterocycles. The smallest absolute Gasteiger partial charge is 0.266 e. The Balaban J connectivity index is 1.40. The van der Waals surface area contributed by atoms with Crippen molar-refractivity contribution >= 4 is 56.2 Å². The predicted octanol–water partition coefficient (Wildman–Crippen LogP) is 5.82. The van der Waals surface area contributed by atoms with Crippen molar-refractivity contribution in [2.24, 2.45) is 0 Å².